The molecule has 1 heterocycles. The van der Waals surface area contributed by atoms with Crippen LogP contribution in [0.1, 0.15) is 0 Å². The van der Waals surface area contributed by atoms with Crippen molar-refractivity contribution < 1.29 is 18.0 Å². The fourth-order valence-electron chi connectivity index (χ4n) is 1.26. The summed E-state index contributed by atoms with van der Waals surface area (Å²) >= 11 is 3.08. The Morgan fingerprint density at radius 1 is 1.21 bits per heavy atom. The number of nitrogens with two attached hydrogens (primary N) is 2. The number of primary amides is 2. The molecule has 19 heavy (non-hydrogen) atoms. The molecule has 4 N–H and O–H groups in total. The van der Waals surface area contributed by atoms with Crippen LogP contribution in [0.15, 0.2) is 27.8 Å². The third-order valence-corrected chi connectivity index (χ3v) is 4.17. The van der Waals surface area contributed by atoms with E-state index in [0.29, 0.717) is 8.78 Å². The highest BCUT2D eigenvalue weighted by atomic mass is 79.9. The van der Waals surface area contributed by atoms with Gasteiger partial charge in [0.15, 0.2) is 0 Å². The van der Waals surface area contributed by atoms with E-state index in [0.717, 1.165) is 6.20 Å². The maximum atomic E-state index is 12.2. The standard InChI is InChI=1S/C9H11BrN4O4S/c10-6-1-7(3-13-2-6)19(17,18)14(4-8(11)15)5-9(12)16/h1-3H,4-5H2,(H2,11,15)(H2,12,16). The van der Waals surface area contributed by atoms with Crippen molar-refractivity contribution in [3.63, 3.8) is 0 Å². The first kappa shape index (κ1) is 15.5. The molecule has 0 aliphatic heterocycles. The lowest BCUT2D eigenvalue weighted by molar-refractivity contribution is -0.120. The number of halogens is 1. The van der Waals surface area contributed by atoms with Gasteiger partial charge >= 0.3 is 0 Å². The number of carbonyl (C=O) groups excluding carboxylic acids is 2. The number of carbonyl (C=O) groups is 2. The average molecular weight is 351 g/mol. The molecule has 0 unspecified atom stereocenters. The summed E-state index contributed by atoms with van der Waals surface area (Å²) in [6, 6.07) is 1.29. The van der Waals surface area contributed by atoms with Gasteiger partial charge in [-0.3, -0.25) is 14.6 Å². The highest BCUT2D eigenvalue weighted by molar-refractivity contribution is 9.10. The second kappa shape index (κ2) is 6.08. The smallest absolute Gasteiger partial charge is 0.245 e. The summed E-state index contributed by atoms with van der Waals surface area (Å²) < 4.78 is 25.4. The van der Waals surface area contributed by atoms with Crippen LogP contribution in [0.4, 0.5) is 0 Å². The summed E-state index contributed by atoms with van der Waals surface area (Å²) in [4.78, 5) is 25.3. The molecule has 0 aliphatic rings. The normalized spacial score (nSPS) is 11.5. The van der Waals surface area contributed by atoms with Gasteiger partial charge in [-0.2, -0.15) is 4.31 Å². The number of amides is 2. The van der Waals surface area contributed by atoms with Crippen LogP contribution in [0.5, 0.6) is 0 Å². The minimum atomic E-state index is -4.07. The van der Waals surface area contributed by atoms with E-state index in [1.54, 1.807) is 0 Å². The molecule has 0 saturated carbocycles. The van der Waals surface area contributed by atoms with Crippen LogP contribution >= 0.6 is 15.9 Å². The molecule has 0 atom stereocenters. The second-order valence-electron chi connectivity index (χ2n) is 3.54. The molecule has 0 saturated heterocycles. The Hall–Kier alpha value is -1.52. The van der Waals surface area contributed by atoms with Crippen LogP contribution < -0.4 is 11.5 Å². The summed E-state index contributed by atoms with van der Waals surface area (Å²) in [7, 11) is -4.07. The monoisotopic (exact) mass is 350 g/mol. The Bertz CT molecular complexity index is 588. The first-order chi connectivity index (χ1) is 8.73. The molecule has 0 bridgehead atoms. The predicted molar refractivity (Wildman–Crippen MR) is 69.1 cm³/mol. The van der Waals surface area contributed by atoms with Gasteiger partial charge in [-0.15, -0.1) is 0 Å². The van der Waals surface area contributed by atoms with E-state index in [9.17, 15) is 18.0 Å². The highest BCUT2D eigenvalue weighted by Gasteiger charge is 2.27. The van der Waals surface area contributed by atoms with E-state index in [4.69, 9.17) is 11.5 Å². The van der Waals surface area contributed by atoms with Gasteiger partial charge in [0, 0.05) is 16.9 Å². The van der Waals surface area contributed by atoms with Gasteiger partial charge in [0.05, 0.1) is 13.1 Å². The largest absolute Gasteiger partial charge is 0.369 e. The quantitative estimate of drug-likeness (QED) is 0.664. The van der Waals surface area contributed by atoms with Crippen molar-refractivity contribution in [3.8, 4) is 0 Å². The van der Waals surface area contributed by atoms with Gasteiger partial charge in [0.25, 0.3) is 0 Å². The van der Waals surface area contributed by atoms with Crippen LogP contribution in [-0.4, -0.2) is 42.6 Å². The molecule has 1 aromatic heterocycles. The van der Waals surface area contributed by atoms with Gasteiger partial charge in [0.2, 0.25) is 21.8 Å². The first-order valence-electron chi connectivity index (χ1n) is 4.91. The summed E-state index contributed by atoms with van der Waals surface area (Å²) in [6.07, 6.45) is 2.49. The number of pyridine rings is 1. The van der Waals surface area contributed by atoms with Gasteiger partial charge in [0.1, 0.15) is 4.90 Å². The van der Waals surface area contributed by atoms with E-state index in [-0.39, 0.29) is 4.90 Å². The molecule has 0 radical (unpaired) electrons. The van der Waals surface area contributed by atoms with Crippen LogP contribution in [0, 0.1) is 0 Å². The van der Waals surface area contributed by atoms with Crippen molar-refractivity contribution in [1.82, 2.24) is 9.29 Å². The Labute approximate surface area is 118 Å². The third-order valence-electron chi connectivity index (χ3n) is 1.98. The average Bonchev–Trinajstić information content (AvgIpc) is 2.26. The molecular formula is C9H11BrN4O4S. The third kappa shape index (κ3) is 4.26. The molecule has 104 valence electrons. The molecule has 0 spiro atoms. The number of hydrogen-bond donors (Lipinski definition) is 2. The number of aromatic nitrogens is 1. The van der Waals surface area contributed by atoms with Crippen molar-refractivity contribution in [2.75, 3.05) is 13.1 Å². The predicted octanol–water partition coefficient (Wildman–Crippen LogP) is -1.19. The summed E-state index contributed by atoms with van der Waals surface area (Å²) in [5.41, 5.74) is 9.90. The van der Waals surface area contributed by atoms with E-state index in [1.807, 2.05) is 0 Å². The Morgan fingerprint density at radius 3 is 2.16 bits per heavy atom. The summed E-state index contributed by atoms with van der Waals surface area (Å²) in [6.45, 7) is -1.28. The fraction of sp³-hybridized carbons (Fsp3) is 0.222. The molecular weight excluding hydrogens is 340 g/mol. The number of nitrogens with zero attached hydrogens (tertiary/aromatic N) is 2. The Balaban J connectivity index is 3.18. The fourth-order valence-corrected chi connectivity index (χ4v) is 3.13. The van der Waals surface area contributed by atoms with Gasteiger partial charge in [-0.25, -0.2) is 8.42 Å². The van der Waals surface area contributed by atoms with Crippen LogP contribution in [-0.2, 0) is 19.6 Å². The topological polar surface area (TPSA) is 136 Å². The number of rotatable bonds is 6. The summed E-state index contributed by atoms with van der Waals surface area (Å²) in [5, 5.41) is 0. The first-order valence-corrected chi connectivity index (χ1v) is 7.14. The number of hydrogen-bond acceptors (Lipinski definition) is 5. The lowest BCUT2D eigenvalue weighted by Crippen LogP contribution is -2.43. The zero-order chi connectivity index (χ0) is 14.6. The molecule has 0 aromatic carbocycles. The maximum absolute atomic E-state index is 12.2. The van der Waals surface area contributed by atoms with Gasteiger partial charge < -0.3 is 11.5 Å². The van der Waals surface area contributed by atoms with Gasteiger partial charge in [-0.05, 0) is 22.0 Å². The molecule has 10 heteroatoms. The minimum absolute atomic E-state index is 0.177. The second-order valence-corrected chi connectivity index (χ2v) is 6.40. The minimum Gasteiger partial charge on any atom is -0.369 e. The van der Waals surface area contributed by atoms with E-state index >= 15 is 0 Å². The zero-order valence-electron chi connectivity index (χ0n) is 9.61. The molecule has 1 rings (SSSR count). The van der Waals surface area contributed by atoms with Crippen molar-refractivity contribution in [3.05, 3.63) is 22.9 Å². The van der Waals surface area contributed by atoms with E-state index in [2.05, 4.69) is 20.9 Å². The zero-order valence-corrected chi connectivity index (χ0v) is 12.0. The lowest BCUT2D eigenvalue weighted by Gasteiger charge is -2.18. The van der Waals surface area contributed by atoms with Crippen molar-refractivity contribution in [1.29, 1.82) is 0 Å². The van der Waals surface area contributed by atoms with Crippen LogP contribution in [0.2, 0.25) is 0 Å². The van der Waals surface area contributed by atoms with Crippen molar-refractivity contribution >= 4 is 37.8 Å². The SMILES string of the molecule is NC(=O)CN(CC(N)=O)S(=O)(=O)c1cncc(Br)c1. The van der Waals surface area contributed by atoms with E-state index < -0.39 is 34.9 Å². The van der Waals surface area contributed by atoms with E-state index in [1.165, 1.54) is 12.3 Å². The van der Waals surface area contributed by atoms with Crippen LogP contribution in [0.25, 0.3) is 0 Å². The summed E-state index contributed by atoms with van der Waals surface area (Å²) in [5.74, 6) is -1.79. The van der Waals surface area contributed by atoms with Crippen LogP contribution in [0.3, 0.4) is 0 Å². The van der Waals surface area contributed by atoms with Gasteiger partial charge in [-0.1, -0.05) is 0 Å². The molecule has 8 nitrogen and oxygen atoms in total. The lowest BCUT2D eigenvalue weighted by atomic mass is 10.5. The Morgan fingerprint density at radius 2 is 1.74 bits per heavy atom. The van der Waals surface area contributed by atoms with Crippen molar-refractivity contribution in [2.24, 2.45) is 11.5 Å². The maximum Gasteiger partial charge on any atom is 0.245 e. The van der Waals surface area contributed by atoms with Crippen molar-refractivity contribution in [2.45, 2.75) is 4.90 Å². The highest BCUT2D eigenvalue weighted by Crippen LogP contribution is 2.18. The number of sulfonamides is 1. The molecule has 2 amide bonds. The Kier molecular flexibility index (Phi) is 4.97. The molecule has 0 fully saturated rings. The molecule has 1 aromatic rings. The molecule has 0 aliphatic carbocycles.